The second-order valence-corrected chi connectivity index (χ2v) is 4.00. The molecule has 0 amide bonds. The van der Waals surface area contributed by atoms with Gasteiger partial charge in [0.25, 0.3) is 0 Å². The number of ether oxygens (including phenoxy) is 1. The SMILES string of the molecule is OCCc1cc(F)ccc1OCc1ccccc1. The number of hydrogen-bond donors (Lipinski definition) is 1. The first-order valence-electron chi connectivity index (χ1n) is 5.85. The molecule has 0 aliphatic rings. The topological polar surface area (TPSA) is 29.5 Å². The van der Waals surface area contributed by atoms with Crippen LogP contribution < -0.4 is 4.74 Å². The maximum absolute atomic E-state index is 13.1. The van der Waals surface area contributed by atoms with Crippen molar-refractivity contribution in [2.24, 2.45) is 0 Å². The molecule has 0 aromatic heterocycles. The highest BCUT2D eigenvalue weighted by Gasteiger charge is 2.05. The second kappa shape index (κ2) is 6.17. The van der Waals surface area contributed by atoms with Crippen LogP contribution in [0.25, 0.3) is 0 Å². The first-order valence-corrected chi connectivity index (χ1v) is 5.85. The molecule has 18 heavy (non-hydrogen) atoms. The van der Waals surface area contributed by atoms with Crippen LogP contribution in [0.1, 0.15) is 11.1 Å². The molecule has 1 N–H and O–H groups in total. The lowest BCUT2D eigenvalue weighted by Crippen LogP contribution is -2.00. The maximum atomic E-state index is 13.1. The molecule has 2 aromatic rings. The second-order valence-electron chi connectivity index (χ2n) is 4.00. The number of aliphatic hydroxyl groups excluding tert-OH is 1. The van der Waals surface area contributed by atoms with E-state index in [0.717, 1.165) is 5.56 Å². The Bertz CT molecular complexity index is 497. The van der Waals surface area contributed by atoms with Crippen LogP contribution in [0.4, 0.5) is 4.39 Å². The van der Waals surface area contributed by atoms with E-state index in [1.54, 1.807) is 6.07 Å². The summed E-state index contributed by atoms with van der Waals surface area (Å²) < 4.78 is 18.7. The van der Waals surface area contributed by atoms with Gasteiger partial charge in [0.2, 0.25) is 0 Å². The highest BCUT2D eigenvalue weighted by molar-refractivity contribution is 5.34. The molecule has 2 nitrogen and oxygen atoms in total. The van der Waals surface area contributed by atoms with E-state index in [0.29, 0.717) is 24.3 Å². The molecule has 2 aromatic carbocycles. The van der Waals surface area contributed by atoms with E-state index in [-0.39, 0.29) is 12.4 Å². The van der Waals surface area contributed by atoms with E-state index >= 15 is 0 Å². The van der Waals surface area contributed by atoms with Crippen molar-refractivity contribution in [2.75, 3.05) is 6.61 Å². The first kappa shape index (κ1) is 12.6. The van der Waals surface area contributed by atoms with Gasteiger partial charge in [-0.2, -0.15) is 0 Å². The molecule has 0 spiro atoms. The molecular formula is C15H15FO2. The van der Waals surface area contributed by atoms with Crippen LogP contribution in [0.15, 0.2) is 48.5 Å². The lowest BCUT2D eigenvalue weighted by Gasteiger charge is -2.11. The monoisotopic (exact) mass is 246 g/mol. The van der Waals surface area contributed by atoms with Crippen LogP contribution in [0, 0.1) is 5.82 Å². The normalized spacial score (nSPS) is 10.3. The fraction of sp³-hybridized carbons (Fsp3) is 0.200. The highest BCUT2D eigenvalue weighted by Crippen LogP contribution is 2.21. The minimum atomic E-state index is -0.314. The van der Waals surface area contributed by atoms with Gasteiger partial charge in [-0.15, -0.1) is 0 Å². The molecule has 0 saturated heterocycles. The van der Waals surface area contributed by atoms with Crippen molar-refractivity contribution in [1.82, 2.24) is 0 Å². The molecule has 0 aliphatic carbocycles. The highest BCUT2D eigenvalue weighted by atomic mass is 19.1. The maximum Gasteiger partial charge on any atom is 0.123 e. The molecule has 2 rings (SSSR count). The fourth-order valence-electron chi connectivity index (χ4n) is 1.74. The third-order valence-corrected chi connectivity index (χ3v) is 2.64. The van der Waals surface area contributed by atoms with Crippen molar-refractivity contribution in [3.63, 3.8) is 0 Å². The summed E-state index contributed by atoms with van der Waals surface area (Å²) in [4.78, 5) is 0. The molecule has 3 heteroatoms. The van der Waals surface area contributed by atoms with E-state index in [1.807, 2.05) is 30.3 Å². The Labute approximate surface area is 106 Å². The van der Waals surface area contributed by atoms with Gasteiger partial charge in [0.05, 0.1) is 0 Å². The number of benzene rings is 2. The van der Waals surface area contributed by atoms with E-state index in [1.165, 1.54) is 12.1 Å². The van der Waals surface area contributed by atoms with Gasteiger partial charge in [0.15, 0.2) is 0 Å². The standard InChI is InChI=1S/C15H15FO2/c16-14-6-7-15(13(10-14)8-9-17)18-11-12-4-2-1-3-5-12/h1-7,10,17H,8-9,11H2. The lowest BCUT2D eigenvalue weighted by atomic mass is 10.1. The van der Waals surface area contributed by atoms with Crippen LogP contribution in [0.5, 0.6) is 5.75 Å². The van der Waals surface area contributed by atoms with Gasteiger partial charge >= 0.3 is 0 Å². The number of rotatable bonds is 5. The van der Waals surface area contributed by atoms with Crippen LogP contribution in [-0.2, 0) is 13.0 Å². The molecule has 0 fully saturated rings. The van der Waals surface area contributed by atoms with E-state index < -0.39 is 0 Å². The third kappa shape index (κ3) is 3.31. The summed E-state index contributed by atoms with van der Waals surface area (Å²) in [5, 5.41) is 8.94. The number of aliphatic hydroxyl groups is 1. The molecule has 0 atom stereocenters. The predicted molar refractivity (Wildman–Crippen MR) is 68.0 cm³/mol. The van der Waals surface area contributed by atoms with Gasteiger partial charge in [-0.25, -0.2) is 4.39 Å². The van der Waals surface area contributed by atoms with Crippen LogP contribution in [0.2, 0.25) is 0 Å². The number of halogens is 1. The molecule has 0 bridgehead atoms. The van der Waals surface area contributed by atoms with Crippen LogP contribution in [0.3, 0.4) is 0 Å². The zero-order valence-electron chi connectivity index (χ0n) is 9.97. The Morgan fingerprint density at radius 3 is 2.56 bits per heavy atom. The molecular weight excluding hydrogens is 231 g/mol. The van der Waals surface area contributed by atoms with Gasteiger partial charge in [-0.05, 0) is 35.7 Å². The van der Waals surface area contributed by atoms with E-state index in [9.17, 15) is 4.39 Å². The Morgan fingerprint density at radius 2 is 1.83 bits per heavy atom. The molecule has 0 heterocycles. The minimum Gasteiger partial charge on any atom is -0.489 e. The van der Waals surface area contributed by atoms with E-state index in [2.05, 4.69) is 0 Å². The third-order valence-electron chi connectivity index (χ3n) is 2.64. The Balaban J connectivity index is 2.09. The average Bonchev–Trinajstić information content (AvgIpc) is 2.39. The largest absolute Gasteiger partial charge is 0.489 e. The van der Waals surface area contributed by atoms with Crippen molar-refractivity contribution >= 4 is 0 Å². The summed E-state index contributed by atoms with van der Waals surface area (Å²) >= 11 is 0. The Kier molecular flexibility index (Phi) is 4.31. The van der Waals surface area contributed by atoms with Crippen molar-refractivity contribution in [2.45, 2.75) is 13.0 Å². The summed E-state index contributed by atoms with van der Waals surface area (Å²) in [6.45, 7) is 0.413. The van der Waals surface area contributed by atoms with Crippen molar-refractivity contribution in [3.8, 4) is 5.75 Å². The Hall–Kier alpha value is -1.87. The zero-order valence-corrected chi connectivity index (χ0v) is 9.97. The summed E-state index contributed by atoms with van der Waals surface area (Å²) in [6, 6.07) is 14.1. The van der Waals surface area contributed by atoms with Crippen molar-refractivity contribution in [1.29, 1.82) is 0 Å². The summed E-state index contributed by atoms with van der Waals surface area (Å²) in [6.07, 6.45) is 0.391. The molecule has 0 radical (unpaired) electrons. The van der Waals surface area contributed by atoms with Gasteiger partial charge < -0.3 is 9.84 Å². The summed E-state index contributed by atoms with van der Waals surface area (Å²) in [7, 11) is 0. The fourth-order valence-corrected chi connectivity index (χ4v) is 1.74. The summed E-state index contributed by atoms with van der Waals surface area (Å²) in [5.41, 5.74) is 1.74. The van der Waals surface area contributed by atoms with Crippen LogP contribution in [-0.4, -0.2) is 11.7 Å². The van der Waals surface area contributed by atoms with Gasteiger partial charge in [-0.1, -0.05) is 30.3 Å². The van der Waals surface area contributed by atoms with Gasteiger partial charge in [0, 0.05) is 6.61 Å². The number of hydrogen-bond acceptors (Lipinski definition) is 2. The summed E-state index contributed by atoms with van der Waals surface area (Å²) in [5.74, 6) is 0.305. The zero-order chi connectivity index (χ0) is 12.8. The molecule has 94 valence electrons. The average molecular weight is 246 g/mol. The first-order chi connectivity index (χ1) is 8.79. The van der Waals surface area contributed by atoms with Crippen molar-refractivity contribution in [3.05, 3.63) is 65.5 Å². The van der Waals surface area contributed by atoms with Crippen LogP contribution >= 0.6 is 0 Å². The van der Waals surface area contributed by atoms with E-state index in [4.69, 9.17) is 9.84 Å². The lowest BCUT2D eigenvalue weighted by molar-refractivity contribution is 0.283. The quantitative estimate of drug-likeness (QED) is 0.879. The molecule has 0 aliphatic heterocycles. The minimum absolute atomic E-state index is 0.0227. The molecule has 0 unspecified atom stereocenters. The smallest absolute Gasteiger partial charge is 0.123 e. The molecule has 0 saturated carbocycles. The predicted octanol–water partition coefficient (Wildman–Crippen LogP) is 2.94. The Morgan fingerprint density at radius 1 is 1.06 bits per heavy atom. The van der Waals surface area contributed by atoms with Gasteiger partial charge in [0.1, 0.15) is 18.2 Å². The van der Waals surface area contributed by atoms with Gasteiger partial charge in [-0.3, -0.25) is 0 Å². The van der Waals surface area contributed by atoms with Crippen molar-refractivity contribution < 1.29 is 14.2 Å².